The Morgan fingerprint density at radius 2 is 1.94 bits per heavy atom. The second-order valence-corrected chi connectivity index (χ2v) is 6.82. The van der Waals surface area contributed by atoms with Crippen LogP contribution in [0.1, 0.15) is 46.0 Å². The molecule has 17 heavy (non-hydrogen) atoms. The molecule has 1 rings (SSSR count). The van der Waals surface area contributed by atoms with Crippen LogP contribution in [0.2, 0.25) is 0 Å². The summed E-state index contributed by atoms with van der Waals surface area (Å²) in [5, 5.41) is 0. The lowest BCUT2D eigenvalue weighted by atomic mass is 9.94. The Kier molecular flexibility index (Phi) is 7.72. The summed E-state index contributed by atoms with van der Waals surface area (Å²) in [5.74, 6) is 0.748. The largest absolute Gasteiger partial charge is 0.380 e. The van der Waals surface area contributed by atoms with Gasteiger partial charge in [-0.15, -0.1) is 0 Å². The van der Waals surface area contributed by atoms with E-state index in [0.717, 1.165) is 25.7 Å². The van der Waals surface area contributed by atoms with Crippen molar-refractivity contribution in [2.75, 3.05) is 26.8 Å². The molecular weight excluding hydrogens is 278 g/mol. The van der Waals surface area contributed by atoms with Crippen molar-refractivity contribution < 1.29 is 4.74 Å². The number of likely N-dealkylation sites (N-methyl/N-ethyl adjacent to an activating group) is 1. The highest BCUT2D eigenvalue weighted by Crippen LogP contribution is 2.27. The molecule has 0 bridgehead atoms. The Hall–Kier alpha value is 0.400. The maximum Gasteiger partial charge on any atom is 0.0593 e. The van der Waals surface area contributed by atoms with Crippen LogP contribution in [0, 0.1) is 5.92 Å². The van der Waals surface area contributed by atoms with Gasteiger partial charge in [-0.3, -0.25) is 0 Å². The van der Waals surface area contributed by atoms with Crippen molar-refractivity contribution >= 4 is 15.9 Å². The fourth-order valence-corrected chi connectivity index (χ4v) is 3.35. The van der Waals surface area contributed by atoms with E-state index < -0.39 is 0 Å². The van der Waals surface area contributed by atoms with Gasteiger partial charge in [-0.2, -0.15) is 0 Å². The summed E-state index contributed by atoms with van der Waals surface area (Å²) in [6, 6.07) is 0.706. The molecule has 2 atom stereocenters. The van der Waals surface area contributed by atoms with Gasteiger partial charge in [-0.25, -0.2) is 0 Å². The smallest absolute Gasteiger partial charge is 0.0593 e. The van der Waals surface area contributed by atoms with Gasteiger partial charge >= 0.3 is 0 Å². The van der Waals surface area contributed by atoms with E-state index in [-0.39, 0.29) is 0 Å². The topological polar surface area (TPSA) is 12.5 Å². The van der Waals surface area contributed by atoms with Crippen LogP contribution in [-0.4, -0.2) is 42.6 Å². The van der Waals surface area contributed by atoms with Gasteiger partial charge in [0.15, 0.2) is 0 Å². The van der Waals surface area contributed by atoms with Crippen LogP contribution in [0.5, 0.6) is 0 Å². The Balaban J connectivity index is 2.09. The second kappa shape index (κ2) is 8.49. The van der Waals surface area contributed by atoms with Gasteiger partial charge in [0.2, 0.25) is 0 Å². The predicted octanol–water partition coefficient (Wildman–Crippen LogP) is 3.69. The van der Waals surface area contributed by atoms with E-state index in [0.29, 0.717) is 10.9 Å². The summed E-state index contributed by atoms with van der Waals surface area (Å²) in [6.07, 6.45) is 6.59. The number of rotatable bonds is 7. The summed E-state index contributed by atoms with van der Waals surface area (Å²) in [5.41, 5.74) is 0. The molecule has 2 nitrogen and oxygen atoms in total. The molecule has 0 amide bonds. The minimum atomic E-state index is 0.678. The van der Waals surface area contributed by atoms with E-state index in [1.54, 1.807) is 0 Å². The molecule has 1 saturated carbocycles. The summed E-state index contributed by atoms with van der Waals surface area (Å²) in [4.78, 5) is 3.14. The molecule has 0 aromatic carbocycles. The molecule has 0 saturated heterocycles. The molecule has 0 heterocycles. The third kappa shape index (κ3) is 6.21. The Morgan fingerprint density at radius 1 is 1.24 bits per heavy atom. The van der Waals surface area contributed by atoms with Gasteiger partial charge in [0.25, 0.3) is 0 Å². The first kappa shape index (κ1) is 15.5. The normalized spacial score (nSPS) is 25.8. The minimum absolute atomic E-state index is 0.678. The van der Waals surface area contributed by atoms with Crippen molar-refractivity contribution in [3.8, 4) is 0 Å². The first-order valence-corrected chi connectivity index (χ1v) is 7.95. The van der Waals surface area contributed by atoms with E-state index in [1.165, 1.54) is 32.1 Å². The zero-order valence-electron chi connectivity index (χ0n) is 11.6. The molecule has 1 aliphatic carbocycles. The van der Waals surface area contributed by atoms with Gasteiger partial charge in [-0.05, 0) is 32.2 Å². The second-order valence-electron chi connectivity index (χ2n) is 5.64. The lowest BCUT2D eigenvalue weighted by Gasteiger charge is -2.35. The zero-order valence-corrected chi connectivity index (χ0v) is 13.2. The summed E-state index contributed by atoms with van der Waals surface area (Å²) in [7, 11) is 2.23. The number of hydrogen-bond acceptors (Lipinski definition) is 2. The highest BCUT2D eigenvalue weighted by Gasteiger charge is 2.25. The van der Waals surface area contributed by atoms with Crippen molar-refractivity contribution in [2.45, 2.75) is 56.8 Å². The average Bonchev–Trinajstić information content (AvgIpc) is 2.28. The molecule has 0 spiro atoms. The van der Waals surface area contributed by atoms with E-state index in [1.807, 2.05) is 0 Å². The van der Waals surface area contributed by atoms with Gasteiger partial charge in [0.05, 0.1) is 6.61 Å². The zero-order chi connectivity index (χ0) is 12.7. The van der Waals surface area contributed by atoms with Crippen LogP contribution in [0.3, 0.4) is 0 Å². The fourth-order valence-electron chi connectivity index (χ4n) is 2.36. The van der Waals surface area contributed by atoms with Gasteiger partial charge in [0, 0.05) is 24.0 Å². The molecule has 0 aromatic rings. The lowest BCUT2D eigenvalue weighted by molar-refractivity contribution is 0.0857. The van der Waals surface area contributed by atoms with Crippen molar-refractivity contribution in [3.05, 3.63) is 0 Å². The molecule has 3 heteroatoms. The molecule has 1 aliphatic rings. The van der Waals surface area contributed by atoms with E-state index in [4.69, 9.17) is 4.74 Å². The van der Waals surface area contributed by atoms with Gasteiger partial charge < -0.3 is 9.64 Å². The first-order valence-electron chi connectivity index (χ1n) is 7.03. The van der Waals surface area contributed by atoms with Crippen molar-refractivity contribution in [2.24, 2.45) is 5.92 Å². The average molecular weight is 306 g/mol. The first-order chi connectivity index (χ1) is 8.11. The highest BCUT2D eigenvalue weighted by molar-refractivity contribution is 9.09. The van der Waals surface area contributed by atoms with Crippen LogP contribution in [-0.2, 0) is 4.74 Å². The SMILES string of the molecule is CC(C)CCOCCN(C)C1CCCCC1Br. The van der Waals surface area contributed by atoms with Crippen molar-refractivity contribution in [3.63, 3.8) is 0 Å². The maximum absolute atomic E-state index is 5.68. The van der Waals surface area contributed by atoms with Gasteiger partial charge in [-0.1, -0.05) is 42.6 Å². The van der Waals surface area contributed by atoms with E-state index in [9.17, 15) is 0 Å². The molecule has 0 aromatic heterocycles. The van der Waals surface area contributed by atoms with E-state index in [2.05, 4.69) is 41.7 Å². The molecule has 0 radical (unpaired) electrons. The molecule has 0 aliphatic heterocycles. The maximum atomic E-state index is 5.68. The summed E-state index contributed by atoms with van der Waals surface area (Å²) < 4.78 is 5.68. The number of ether oxygens (including phenoxy) is 1. The van der Waals surface area contributed by atoms with Crippen LogP contribution in [0.25, 0.3) is 0 Å². The van der Waals surface area contributed by atoms with Gasteiger partial charge in [0.1, 0.15) is 0 Å². The van der Waals surface area contributed by atoms with E-state index >= 15 is 0 Å². The lowest BCUT2D eigenvalue weighted by Crippen LogP contribution is -2.42. The van der Waals surface area contributed by atoms with Crippen molar-refractivity contribution in [1.82, 2.24) is 4.90 Å². The minimum Gasteiger partial charge on any atom is -0.380 e. The monoisotopic (exact) mass is 305 g/mol. The molecule has 0 N–H and O–H groups in total. The Bertz CT molecular complexity index is 199. The molecule has 1 fully saturated rings. The molecule has 102 valence electrons. The number of halogens is 1. The van der Waals surface area contributed by atoms with Crippen LogP contribution in [0.4, 0.5) is 0 Å². The highest BCUT2D eigenvalue weighted by atomic mass is 79.9. The summed E-state index contributed by atoms with van der Waals surface area (Å²) >= 11 is 3.81. The number of nitrogens with zero attached hydrogens (tertiary/aromatic N) is 1. The van der Waals surface area contributed by atoms with Crippen LogP contribution in [0.15, 0.2) is 0 Å². The summed E-state index contributed by atoms with van der Waals surface area (Å²) in [6.45, 7) is 7.33. The number of hydrogen-bond donors (Lipinski definition) is 0. The van der Waals surface area contributed by atoms with Crippen molar-refractivity contribution in [1.29, 1.82) is 0 Å². The predicted molar refractivity (Wildman–Crippen MR) is 77.9 cm³/mol. The Labute approximate surface area is 115 Å². The number of alkyl halides is 1. The third-order valence-electron chi connectivity index (χ3n) is 3.64. The quantitative estimate of drug-likeness (QED) is 0.525. The Morgan fingerprint density at radius 3 is 2.59 bits per heavy atom. The molecule has 2 unspecified atom stereocenters. The van der Waals surface area contributed by atoms with Crippen LogP contribution < -0.4 is 0 Å². The fraction of sp³-hybridized carbons (Fsp3) is 1.00. The standard InChI is InChI=1S/C14H28BrNO/c1-12(2)8-10-17-11-9-16(3)14-7-5-4-6-13(14)15/h12-14H,4-11H2,1-3H3. The third-order valence-corrected chi connectivity index (χ3v) is 4.71. The van der Waals surface area contributed by atoms with Crippen LogP contribution >= 0.6 is 15.9 Å². The molecular formula is C14H28BrNO.